The van der Waals surface area contributed by atoms with E-state index < -0.39 is 0 Å². The van der Waals surface area contributed by atoms with Crippen molar-refractivity contribution in [3.63, 3.8) is 0 Å². The van der Waals surface area contributed by atoms with Crippen LogP contribution in [0.3, 0.4) is 0 Å². The maximum atomic E-state index is 5.97. The zero-order valence-electron chi connectivity index (χ0n) is 18.4. The van der Waals surface area contributed by atoms with Crippen LogP contribution in [0.4, 0.5) is 0 Å². The standard InChI is InChI=1S/C29H35Cl/c1-2-3-4-5-6-7-23-12-18-28-25(20-23)14-15-26-21-24(13-19-29(26)28)9-8-22-10-16-27(30)17-11-22/h10-11,13,16-17,19,21,23,25,28H,2-7,12,14-15,18,20H2,1H3/t23-,25-,28+/m1/s1. The fourth-order valence-electron chi connectivity index (χ4n) is 5.67. The number of unbranched alkanes of at least 4 members (excludes halogenated alkanes) is 4. The first-order valence-electron chi connectivity index (χ1n) is 12.1. The highest BCUT2D eigenvalue weighted by Gasteiger charge is 2.34. The van der Waals surface area contributed by atoms with Crippen LogP contribution in [0.25, 0.3) is 0 Å². The van der Waals surface area contributed by atoms with Gasteiger partial charge in [0.05, 0.1) is 0 Å². The van der Waals surface area contributed by atoms with Crippen LogP contribution in [0.1, 0.15) is 99.3 Å². The third kappa shape index (κ3) is 5.50. The quantitative estimate of drug-likeness (QED) is 0.325. The monoisotopic (exact) mass is 418 g/mol. The molecule has 4 rings (SSSR count). The summed E-state index contributed by atoms with van der Waals surface area (Å²) in [7, 11) is 0. The van der Waals surface area contributed by atoms with Gasteiger partial charge in [-0.1, -0.05) is 75.0 Å². The molecule has 2 aliphatic carbocycles. The summed E-state index contributed by atoms with van der Waals surface area (Å²) in [4.78, 5) is 0. The topological polar surface area (TPSA) is 0 Å². The molecule has 2 aromatic rings. The van der Waals surface area contributed by atoms with Crippen molar-refractivity contribution in [2.45, 2.75) is 83.5 Å². The molecule has 0 aliphatic heterocycles. The number of hydrogen-bond donors (Lipinski definition) is 0. The van der Waals surface area contributed by atoms with Gasteiger partial charge in [-0.3, -0.25) is 0 Å². The van der Waals surface area contributed by atoms with Crippen LogP contribution in [0.5, 0.6) is 0 Å². The molecule has 0 nitrogen and oxygen atoms in total. The van der Waals surface area contributed by atoms with Gasteiger partial charge in [-0.25, -0.2) is 0 Å². The molecular weight excluding hydrogens is 384 g/mol. The number of fused-ring (bicyclic) bond motifs is 3. The molecule has 0 heterocycles. The highest BCUT2D eigenvalue weighted by Crippen LogP contribution is 2.48. The minimum absolute atomic E-state index is 0.759. The van der Waals surface area contributed by atoms with Crippen molar-refractivity contribution < 1.29 is 0 Å². The molecule has 0 spiro atoms. The summed E-state index contributed by atoms with van der Waals surface area (Å²) in [6.45, 7) is 2.30. The predicted octanol–water partition coefficient (Wildman–Crippen LogP) is 8.55. The van der Waals surface area contributed by atoms with Crippen LogP contribution in [0.15, 0.2) is 42.5 Å². The van der Waals surface area contributed by atoms with Crippen LogP contribution in [0, 0.1) is 23.7 Å². The Labute approximate surface area is 188 Å². The Bertz CT molecular complexity index is 883. The Morgan fingerprint density at radius 2 is 1.63 bits per heavy atom. The molecule has 1 saturated carbocycles. The van der Waals surface area contributed by atoms with Crippen LogP contribution >= 0.6 is 11.6 Å². The molecule has 1 fully saturated rings. The van der Waals surface area contributed by atoms with E-state index in [1.54, 1.807) is 11.1 Å². The van der Waals surface area contributed by atoms with Gasteiger partial charge in [-0.2, -0.15) is 0 Å². The van der Waals surface area contributed by atoms with Gasteiger partial charge in [0, 0.05) is 16.1 Å². The van der Waals surface area contributed by atoms with Crippen LogP contribution in [-0.4, -0.2) is 0 Å². The van der Waals surface area contributed by atoms with Crippen molar-refractivity contribution in [3.8, 4) is 11.8 Å². The normalized spacial score (nSPS) is 22.5. The predicted molar refractivity (Wildman–Crippen MR) is 129 cm³/mol. The van der Waals surface area contributed by atoms with Gasteiger partial charge in [-0.05, 0) is 97.4 Å². The maximum Gasteiger partial charge on any atom is 0.0406 e. The highest BCUT2D eigenvalue weighted by atomic mass is 35.5. The Hall–Kier alpha value is -1.71. The molecule has 158 valence electrons. The molecule has 2 aliphatic rings. The Morgan fingerprint density at radius 3 is 2.47 bits per heavy atom. The molecule has 30 heavy (non-hydrogen) atoms. The van der Waals surface area contributed by atoms with E-state index in [-0.39, 0.29) is 0 Å². The van der Waals surface area contributed by atoms with Crippen LogP contribution < -0.4 is 0 Å². The molecule has 2 aromatic carbocycles. The number of benzene rings is 2. The fourth-order valence-corrected chi connectivity index (χ4v) is 5.79. The van der Waals surface area contributed by atoms with Crippen LogP contribution in [-0.2, 0) is 6.42 Å². The Morgan fingerprint density at radius 1 is 0.867 bits per heavy atom. The van der Waals surface area contributed by atoms with E-state index in [2.05, 4.69) is 37.0 Å². The van der Waals surface area contributed by atoms with Crippen molar-refractivity contribution in [2.24, 2.45) is 11.8 Å². The Kier molecular flexibility index (Phi) is 7.57. The maximum absolute atomic E-state index is 5.97. The fraction of sp³-hybridized carbons (Fsp3) is 0.517. The molecule has 0 saturated heterocycles. The summed E-state index contributed by atoms with van der Waals surface area (Å²) in [6, 6.07) is 14.8. The molecule has 0 aromatic heterocycles. The number of rotatable bonds is 6. The lowest BCUT2D eigenvalue weighted by Gasteiger charge is -2.40. The third-order valence-electron chi connectivity index (χ3n) is 7.33. The first-order valence-corrected chi connectivity index (χ1v) is 12.5. The zero-order chi connectivity index (χ0) is 20.8. The molecule has 0 N–H and O–H groups in total. The lowest BCUT2D eigenvalue weighted by Crippen LogP contribution is -2.28. The molecule has 0 amide bonds. The summed E-state index contributed by atoms with van der Waals surface area (Å²) in [5, 5.41) is 0.759. The lowest BCUT2D eigenvalue weighted by atomic mass is 9.64. The van der Waals surface area contributed by atoms with Crippen molar-refractivity contribution in [1.29, 1.82) is 0 Å². The molecule has 0 radical (unpaired) electrons. The van der Waals surface area contributed by atoms with Crippen molar-refractivity contribution in [3.05, 3.63) is 69.7 Å². The average molecular weight is 419 g/mol. The second kappa shape index (κ2) is 10.5. The van der Waals surface area contributed by atoms with E-state index in [0.29, 0.717) is 0 Å². The lowest BCUT2D eigenvalue weighted by molar-refractivity contribution is 0.199. The minimum Gasteiger partial charge on any atom is -0.0843 e. The second-order valence-electron chi connectivity index (χ2n) is 9.46. The Balaban J connectivity index is 1.36. The van der Waals surface area contributed by atoms with E-state index >= 15 is 0 Å². The molecule has 0 unspecified atom stereocenters. The van der Waals surface area contributed by atoms with Crippen molar-refractivity contribution in [1.82, 2.24) is 0 Å². The van der Waals surface area contributed by atoms with Gasteiger partial charge in [-0.15, -0.1) is 0 Å². The molecule has 1 heteroatoms. The highest BCUT2D eigenvalue weighted by molar-refractivity contribution is 6.30. The number of halogens is 1. The number of hydrogen-bond acceptors (Lipinski definition) is 0. The molecular formula is C29H35Cl. The summed E-state index contributed by atoms with van der Waals surface area (Å²) in [5.41, 5.74) is 5.34. The SMILES string of the molecule is CCCCCCC[C@@H]1CC[C@@H]2c3ccc(C#Cc4ccc(Cl)cc4)cc3CC[C@@H]2C1. The van der Waals surface area contributed by atoms with Gasteiger partial charge < -0.3 is 0 Å². The van der Waals surface area contributed by atoms with Crippen LogP contribution in [0.2, 0.25) is 5.02 Å². The van der Waals surface area contributed by atoms with Crippen molar-refractivity contribution >= 4 is 11.6 Å². The van der Waals surface area contributed by atoms with E-state index in [0.717, 1.165) is 33.9 Å². The van der Waals surface area contributed by atoms with E-state index in [9.17, 15) is 0 Å². The minimum atomic E-state index is 0.759. The summed E-state index contributed by atoms with van der Waals surface area (Å²) in [6.07, 6.45) is 15.5. The third-order valence-corrected chi connectivity index (χ3v) is 7.58. The molecule has 0 bridgehead atoms. The van der Waals surface area contributed by atoms with E-state index in [4.69, 9.17) is 11.6 Å². The average Bonchev–Trinajstić information content (AvgIpc) is 2.78. The summed E-state index contributed by atoms with van der Waals surface area (Å²) < 4.78 is 0. The van der Waals surface area contributed by atoms with Gasteiger partial charge in [0.15, 0.2) is 0 Å². The first kappa shape index (κ1) is 21.5. The zero-order valence-corrected chi connectivity index (χ0v) is 19.2. The van der Waals surface area contributed by atoms with E-state index in [1.807, 2.05) is 24.3 Å². The molecule has 3 atom stereocenters. The first-order chi connectivity index (χ1) is 14.7. The van der Waals surface area contributed by atoms with E-state index in [1.165, 1.54) is 70.6 Å². The van der Waals surface area contributed by atoms with Gasteiger partial charge in [0.1, 0.15) is 0 Å². The van der Waals surface area contributed by atoms with Gasteiger partial charge >= 0.3 is 0 Å². The van der Waals surface area contributed by atoms with Gasteiger partial charge in [0.25, 0.3) is 0 Å². The summed E-state index contributed by atoms with van der Waals surface area (Å²) >= 11 is 5.97. The smallest absolute Gasteiger partial charge is 0.0406 e. The summed E-state index contributed by atoms with van der Waals surface area (Å²) in [5.74, 6) is 9.33. The van der Waals surface area contributed by atoms with Gasteiger partial charge in [0.2, 0.25) is 0 Å². The largest absolute Gasteiger partial charge is 0.0843 e. The van der Waals surface area contributed by atoms with Crippen molar-refractivity contribution in [2.75, 3.05) is 0 Å². The number of aryl methyl sites for hydroxylation is 1. The second-order valence-corrected chi connectivity index (χ2v) is 9.89.